The number of carbonyl (C=O) groups excluding carboxylic acids is 2. The molecule has 2 amide bonds. The van der Waals surface area contributed by atoms with E-state index in [1.165, 1.54) is 12.0 Å². The highest BCUT2D eigenvalue weighted by atomic mass is 32.2. The first-order valence-electron chi connectivity index (χ1n) is 10.4. The first kappa shape index (κ1) is 24.3. The summed E-state index contributed by atoms with van der Waals surface area (Å²) < 4.78 is 22.0. The third kappa shape index (κ3) is 5.36. The third-order valence-corrected chi connectivity index (χ3v) is 5.99. The zero-order valence-corrected chi connectivity index (χ0v) is 20.2. The Bertz CT molecular complexity index is 1040. The van der Waals surface area contributed by atoms with Crippen LogP contribution in [0.2, 0.25) is 0 Å². The normalized spacial score (nSPS) is 15.7. The predicted molar refractivity (Wildman–Crippen MR) is 126 cm³/mol. The topological polar surface area (TPSA) is 86.3 Å². The molecule has 0 aliphatic carbocycles. The maximum atomic E-state index is 13.0. The number of benzene rings is 2. The van der Waals surface area contributed by atoms with Crippen LogP contribution >= 0.6 is 11.8 Å². The first-order chi connectivity index (χ1) is 15.9. The molecule has 1 aliphatic heterocycles. The number of methoxy groups -OCH3 is 2. The molecular weight excluding hydrogens is 444 g/mol. The lowest BCUT2D eigenvalue weighted by molar-refractivity contribution is -0.139. The highest BCUT2D eigenvalue weighted by molar-refractivity contribution is 7.98. The van der Waals surface area contributed by atoms with Gasteiger partial charge in [0, 0.05) is 11.9 Å². The van der Waals surface area contributed by atoms with E-state index in [-0.39, 0.29) is 19.2 Å². The van der Waals surface area contributed by atoms with Crippen molar-refractivity contribution in [3.05, 3.63) is 59.3 Å². The molecule has 33 heavy (non-hydrogen) atoms. The fraction of sp³-hybridized carbons (Fsp3) is 0.333. The second kappa shape index (κ2) is 11.0. The van der Waals surface area contributed by atoms with Crippen LogP contribution in [0.5, 0.6) is 17.2 Å². The van der Waals surface area contributed by atoms with Gasteiger partial charge < -0.3 is 24.3 Å². The molecule has 1 aliphatic rings. The monoisotopic (exact) mass is 472 g/mol. The Balaban J connectivity index is 2.03. The van der Waals surface area contributed by atoms with Gasteiger partial charge in [-0.2, -0.15) is 0 Å². The fourth-order valence-corrected chi connectivity index (χ4v) is 3.90. The lowest BCUT2D eigenvalue weighted by Crippen LogP contribution is -2.48. The Kier molecular flexibility index (Phi) is 8.11. The van der Waals surface area contributed by atoms with E-state index in [4.69, 9.17) is 18.9 Å². The molecule has 1 heterocycles. The van der Waals surface area contributed by atoms with Crippen molar-refractivity contribution in [3.63, 3.8) is 0 Å². The number of rotatable bonds is 9. The summed E-state index contributed by atoms with van der Waals surface area (Å²) >= 11 is 1.63. The highest BCUT2D eigenvalue weighted by Gasteiger charge is 2.37. The molecule has 0 saturated carbocycles. The second-order valence-corrected chi connectivity index (χ2v) is 7.98. The van der Waals surface area contributed by atoms with Crippen LogP contribution in [0.15, 0.2) is 58.6 Å². The van der Waals surface area contributed by atoms with E-state index >= 15 is 0 Å². The Morgan fingerprint density at radius 3 is 2.39 bits per heavy atom. The first-order valence-corrected chi connectivity index (χ1v) is 11.6. The number of thioether (sulfide) groups is 1. The molecule has 0 spiro atoms. The minimum atomic E-state index is -0.745. The molecule has 1 atom stereocenters. The van der Waals surface area contributed by atoms with E-state index in [1.54, 1.807) is 51.0 Å². The maximum absolute atomic E-state index is 13.0. The van der Waals surface area contributed by atoms with Gasteiger partial charge in [0.15, 0.2) is 11.5 Å². The van der Waals surface area contributed by atoms with E-state index in [0.717, 1.165) is 4.90 Å². The van der Waals surface area contributed by atoms with Crippen molar-refractivity contribution in [2.75, 3.05) is 40.7 Å². The average Bonchev–Trinajstić information content (AvgIpc) is 2.84. The molecule has 0 fully saturated rings. The minimum absolute atomic E-state index is 0.0144. The van der Waals surface area contributed by atoms with E-state index in [1.807, 2.05) is 30.5 Å². The molecule has 1 N–H and O–H groups in total. The lowest BCUT2D eigenvalue weighted by Gasteiger charge is -2.34. The van der Waals surface area contributed by atoms with Gasteiger partial charge in [0.2, 0.25) is 0 Å². The number of likely N-dealkylation sites (N-methyl/N-ethyl adjacent to an activating group) is 1. The van der Waals surface area contributed by atoms with Crippen molar-refractivity contribution in [1.82, 2.24) is 10.2 Å². The average molecular weight is 473 g/mol. The van der Waals surface area contributed by atoms with Crippen LogP contribution in [0.1, 0.15) is 18.5 Å². The summed E-state index contributed by atoms with van der Waals surface area (Å²) in [6, 6.07) is 11.7. The Morgan fingerprint density at radius 2 is 1.79 bits per heavy atom. The number of ether oxygens (including phenoxy) is 4. The van der Waals surface area contributed by atoms with Gasteiger partial charge in [-0.05, 0) is 55.1 Å². The van der Waals surface area contributed by atoms with Crippen LogP contribution in [0, 0.1) is 0 Å². The number of nitrogens with one attached hydrogen (secondary N) is 1. The molecule has 0 radical (unpaired) electrons. The second-order valence-electron chi connectivity index (χ2n) is 7.10. The maximum Gasteiger partial charge on any atom is 0.338 e. The molecule has 2 aromatic rings. The van der Waals surface area contributed by atoms with Gasteiger partial charge in [-0.3, -0.25) is 4.90 Å². The standard InChI is InChI=1S/C24H28N2O6S/c1-6-31-23(27)21-18(14-32-16-8-10-17(33-5)11-9-16)26(2)24(28)25-22(21)15-7-12-19(29-3)20(13-15)30-4/h7-13,22H,6,14H2,1-5H3,(H,25,28)/t22-/m1/s1. The van der Waals surface area contributed by atoms with Gasteiger partial charge >= 0.3 is 12.0 Å². The molecule has 3 rings (SSSR count). The van der Waals surface area contributed by atoms with Gasteiger partial charge in [-0.15, -0.1) is 11.8 Å². The van der Waals surface area contributed by atoms with Gasteiger partial charge in [0.05, 0.1) is 38.1 Å². The summed E-state index contributed by atoms with van der Waals surface area (Å²) in [5, 5.41) is 2.88. The van der Waals surface area contributed by atoms with Crippen molar-refractivity contribution >= 4 is 23.8 Å². The molecular formula is C24H28N2O6S. The number of amides is 2. The number of urea groups is 1. The summed E-state index contributed by atoms with van der Waals surface area (Å²) in [6.07, 6.45) is 2.00. The minimum Gasteiger partial charge on any atom is -0.493 e. The van der Waals surface area contributed by atoms with Gasteiger partial charge in [-0.25, -0.2) is 9.59 Å². The van der Waals surface area contributed by atoms with Crippen molar-refractivity contribution in [1.29, 1.82) is 0 Å². The van der Waals surface area contributed by atoms with Crippen LogP contribution in [-0.2, 0) is 9.53 Å². The largest absolute Gasteiger partial charge is 0.493 e. The summed E-state index contributed by atoms with van der Waals surface area (Å²) in [4.78, 5) is 28.3. The zero-order valence-electron chi connectivity index (χ0n) is 19.3. The van der Waals surface area contributed by atoms with Crippen LogP contribution in [0.4, 0.5) is 4.79 Å². The predicted octanol–water partition coefficient (Wildman–Crippen LogP) is 4.02. The Morgan fingerprint density at radius 1 is 1.09 bits per heavy atom. The van der Waals surface area contributed by atoms with Crippen molar-refractivity contribution in [3.8, 4) is 17.2 Å². The van der Waals surface area contributed by atoms with E-state index in [2.05, 4.69) is 5.32 Å². The molecule has 176 valence electrons. The van der Waals surface area contributed by atoms with Crippen LogP contribution in [-0.4, -0.2) is 57.6 Å². The van der Waals surface area contributed by atoms with Gasteiger partial charge in [0.1, 0.15) is 12.4 Å². The van der Waals surface area contributed by atoms with Crippen LogP contribution in [0.3, 0.4) is 0 Å². The van der Waals surface area contributed by atoms with E-state index < -0.39 is 12.0 Å². The van der Waals surface area contributed by atoms with Crippen molar-refractivity contribution in [2.24, 2.45) is 0 Å². The third-order valence-electron chi connectivity index (χ3n) is 5.25. The fourth-order valence-electron chi connectivity index (χ4n) is 3.49. The Labute approximate surface area is 197 Å². The van der Waals surface area contributed by atoms with Crippen molar-refractivity contribution in [2.45, 2.75) is 17.9 Å². The summed E-state index contributed by atoms with van der Waals surface area (Å²) in [6.45, 7) is 1.95. The quantitative estimate of drug-likeness (QED) is 0.436. The molecule has 0 saturated heterocycles. The van der Waals surface area contributed by atoms with E-state index in [9.17, 15) is 9.59 Å². The molecule has 9 heteroatoms. The molecule has 0 bridgehead atoms. The van der Waals surface area contributed by atoms with Crippen LogP contribution in [0.25, 0.3) is 0 Å². The van der Waals surface area contributed by atoms with E-state index in [0.29, 0.717) is 34.1 Å². The summed E-state index contributed by atoms with van der Waals surface area (Å²) in [7, 11) is 4.66. The number of nitrogens with zero attached hydrogens (tertiary/aromatic N) is 1. The summed E-state index contributed by atoms with van der Waals surface area (Å²) in [5.41, 5.74) is 1.37. The molecule has 2 aromatic carbocycles. The Hall–Kier alpha value is -3.33. The van der Waals surface area contributed by atoms with Gasteiger partial charge in [-0.1, -0.05) is 6.07 Å². The number of carbonyl (C=O) groups is 2. The van der Waals surface area contributed by atoms with Crippen LogP contribution < -0.4 is 19.5 Å². The number of esters is 1. The lowest BCUT2D eigenvalue weighted by atomic mass is 9.94. The zero-order chi connectivity index (χ0) is 24.0. The van der Waals surface area contributed by atoms with Crippen molar-refractivity contribution < 1.29 is 28.5 Å². The molecule has 8 nitrogen and oxygen atoms in total. The molecule has 0 unspecified atom stereocenters. The smallest absolute Gasteiger partial charge is 0.338 e. The van der Waals surface area contributed by atoms with Gasteiger partial charge in [0.25, 0.3) is 0 Å². The number of hydrogen-bond acceptors (Lipinski definition) is 7. The number of hydrogen-bond donors (Lipinski definition) is 1. The highest BCUT2D eigenvalue weighted by Crippen LogP contribution is 2.36. The SMILES string of the molecule is CCOC(=O)C1=C(COc2ccc(SC)cc2)N(C)C(=O)N[C@@H]1c1ccc(OC)c(OC)c1. The molecule has 0 aromatic heterocycles. The summed E-state index contributed by atoms with van der Waals surface area (Å²) in [5.74, 6) is 1.13.